The summed E-state index contributed by atoms with van der Waals surface area (Å²) in [6.07, 6.45) is 6.16. The maximum absolute atomic E-state index is 11.7. The molecular formula is C10H18N2O2S2. The third kappa shape index (κ3) is 3.37. The van der Waals surface area contributed by atoms with Gasteiger partial charge in [0.2, 0.25) is 10.0 Å². The Bertz CT molecular complexity index is 362. The molecule has 1 saturated carbocycles. The van der Waals surface area contributed by atoms with Gasteiger partial charge in [-0.05, 0) is 26.0 Å². The Morgan fingerprint density at radius 3 is 2.62 bits per heavy atom. The second-order valence-electron chi connectivity index (χ2n) is 4.10. The second-order valence-corrected chi connectivity index (χ2v) is 7.21. The molecule has 92 valence electrons. The van der Waals surface area contributed by atoms with Crippen molar-refractivity contribution in [2.24, 2.45) is 0 Å². The van der Waals surface area contributed by atoms with Gasteiger partial charge in [0.25, 0.3) is 0 Å². The van der Waals surface area contributed by atoms with Gasteiger partial charge in [-0.25, -0.2) is 13.1 Å². The lowest BCUT2D eigenvalue weighted by molar-refractivity contribution is 0.422. The van der Waals surface area contributed by atoms with Gasteiger partial charge in [0, 0.05) is 11.3 Å². The molecule has 3 unspecified atom stereocenters. The van der Waals surface area contributed by atoms with Crippen LogP contribution in [-0.2, 0) is 10.0 Å². The molecule has 6 heteroatoms. The predicted octanol–water partition coefficient (Wildman–Crippen LogP) is 1.49. The van der Waals surface area contributed by atoms with Gasteiger partial charge in [-0.2, -0.15) is 17.0 Å². The molecule has 0 saturated heterocycles. The number of nitrogens with one attached hydrogen (secondary N) is 1. The fraction of sp³-hybridized carbons (Fsp3) is 0.900. The van der Waals surface area contributed by atoms with Crippen LogP contribution in [0, 0.1) is 11.3 Å². The van der Waals surface area contributed by atoms with Crippen LogP contribution in [-0.4, -0.2) is 31.2 Å². The summed E-state index contributed by atoms with van der Waals surface area (Å²) in [4.78, 5) is 0. The van der Waals surface area contributed by atoms with Gasteiger partial charge in [-0.3, -0.25) is 0 Å². The zero-order chi connectivity index (χ0) is 12.2. The van der Waals surface area contributed by atoms with E-state index in [1.54, 1.807) is 17.8 Å². The van der Waals surface area contributed by atoms with E-state index < -0.39 is 15.3 Å². The van der Waals surface area contributed by atoms with Crippen LogP contribution in [0.3, 0.4) is 0 Å². The van der Waals surface area contributed by atoms with Crippen LogP contribution in [0.1, 0.15) is 32.6 Å². The Morgan fingerprint density at radius 1 is 1.44 bits per heavy atom. The predicted molar refractivity (Wildman–Crippen MR) is 66.7 cm³/mol. The number of sulfonamides is 1. The van der Waals surface area contributed by atoms with Crippen molar-refractivity contribution in [3.8, 4) is 6.07 Å². The zero-order valence-corrected chi connectivity index (χ0v) is 11.3. The van der Waals surface area contributed by atoms with Gasteiger partial charge < -0.3 is 0 Å². The lowest BCUT2D eigenvalue weighted by Crippen LogP contribution is -2.46. The minimum Gasteiger partial charge on any atom is -0.211 e. The first-order chi connectivity index (χ1) is 7.51. The summed E-state index contributed by atoms with van der Waals surface area (Å²) in [5.41, 5.74) is 0. The lowest BCUT2D eigenvalue weighted by atomic mass is 9.96. The first-order valence-corrected chi connectivity index (χ1v) is 8.28. The molecule has 0 radical (unpaired) electrons. The van der Waals surface area contributed by atoms with E-state index >= 15 is 0 Å². The van der Waals surface area contributed by atoms with E-state index in [0.717, 1.165) is 25.7 Å². The van der Waals surface area contributed by atoms with E-state index in [0.29, 0.717) is 5.25 Å². The molecule has 1 rings (SSSR count). The highest BCUT2D eigenvalue weighted by atomic mass is 32.2. The molecule has 0 aromatic heterocycles. The molecule has 1 aliphatic carbocycles. The Balaban J connectivity index is 2.68. The number of rotatable bonds is 4. The third-order valence-electron chi connectivity index (χ3n) is 2.97. The fourth-order valence-corrected chi connectivity index (χ4v) is 3.96. The van der Waals surface area contributed by atoms with Crippen LogP contribution in [0.5, 0.6) is 0 Å². The van der Waals surface area contributed by atoms with Gasteiger partial charge >= 0.3 is 0 Å². The fourth-order valence-electron chi connectivity index (χ4n) is 1.90. The van der Waals surface area contributed by atoms with Gasteiger partial charge in [-0.1, -0.05) is 12.8 Å². The van der Waals surface area contributed by atoms with Crippen molar-refractivity contribution in [2.45, 2.75) is 49.1 Å². The Labute approximate surface area is 102 Å². The average Bonchev–Trinajstić information content (AvgIpc) is 2.28. The van der Waals surface area contributed by atoms with E-state index in [2.05, 4.69) is 4.72 Å². The maximum Gasteiger partial charge on any atom is 0.227 e. The van der Waals surface area contributed by atoms with Crippen molar-refractivity contribution in [1.29, 1.82) is 5.26 Å². The SMILES string of the molecule is CSC1CCCCC1NS(=O)(=O)C(C)C#N. The summed E-state index contributed by atoms with van der Waals surface area (Å²) in [5, 5.41) is 8.02. The van der Waals surface area contributed by atoms with Crippen LogP contribution in [0.2, 0.25) is 0 Å². The van der Waals surface area contributed by atoms with Crippen LogP contribution in [0.4, 0.5) is 0 Å². The average molecular weight is 262 g/mol. The first kappa shape index (κ1) is 13.8. The van der Waals surface area contributed by atoms with Crippen molar-refractivity contribution in [2.75, 3.05) is 6.26 Å². The van der Waals surface area contributed by atoms with Crippen LogP contribution in [0.25, 0.3) is 0 Å². The van der Waals surface area contributed by atoms with Crippen LogP contribution in [0.15, 0.2) is 0 Å². The Kier molecular flexibility index (Phi) is 5.09. The Morgan fingerprint density at radius 2 is 2.06 bits per heavy atom. The highest BCUT2D eigenvalue weighted by Crippen LogP contribution is 2.27. The Hall–Kier alpha value is -0.250. The van der Waals surface area contributed by atoms with E-state index in [1.165, 1.54) is 6.92 Å². The molecule has 16 heavy (non-hydrogen) atoms. The topological polar surface area (TPSA) is 70.0 Å². The molecule has 0 aliphatic heterocycles. The summed E-state index contributed by atoms with van der Waals surface area (Å²) < 4.78 is 26.2. The molecule has 4 nitrogen and oxygen atoms in total. The molecule has 1 aliphatic rings. The van der Waals surface area contributed by atoms with Crippen molar-refractivity contribution >= 4 is 21.8 Å². The van der Waals surface area contributed by atoms with Crippen molar-refractivity contribution in [1.82, 2.24) is 4.72 Å². The molecule has 0 aromatic rings. The summed E-state index contributed by atoms with van der Waals surface area (Å²) >= 11 is 1.70. The van der Waals surface area contributed by atoms with Gasteiger partial charge in [0.05, 0.1) is 6.07 Å². The molecule has 0 heterocycles. The summed E-state index contributed by atoms with van der Waals surface area (Å²) in [6, 6.07) is 1.76. The van der Waals surface area contributed by atoms with Gasteiger partial charge in [-0.15, -0.1) is 0 Å². The third-order valence-corrected chi connectivity index (χ3v) is 5.81. The largest absolute Gasteiger partial charge is 0.227 e. The summed E-state index contributed by atoms with van der Waals surface area (Å²) in [7, 11) is -3.48. The monoisotopic (exact) mass is 262 g/mol. The second kappa shape index (κ2) is 5.89. The van der Waals surface area contributed by atoms with Crippen LogP contribution >= 0.6 is 11.8 Å². The molecule has 0 spiro atoms. The molecule has 0 amide bonds. The first-order valence-electron chi connectivity index (χ1n) is 5.45. The highest BCUT2D eigenvalue weighted by molar-refractivity contribution is 7.99. The number of thioether (sulfide) groups is 1. The summed E-state index contributed by atoms with van der Waals surface area (Å²) in [5.74, 6) is 0. The van der Waals surface area contributed by atoms with Crippen molar-refractivity contribution in [3.05, 3.63) is 0 Å². The molecule has 0 bridgehead atoms. The number of nitrogens with zero attached hydrogens (tertiary/aromatic N) is 1. The van der Waals surface area contributed by atoms with Gasteiger partial charge in [0.1, 0.15) is 0 Å². The van der Waals surface area contributed by atoms with E-state index in [1.807, 2.05) is 6.26 Å². The quantitative estimate of drug-likeness (QED) is 0.833. The van der Waals surface area contributed by atoms with Crippen molar-refractivity contribution in [3.63, 3.8) is 0 Å². The molecule has 3 atom stereocenters. The normalized spacial score (nSPS) is 28.3. The lowest BCUT2D eigenvalue weighted by Gasteiger charge is -2.30. The number of hydrogen-bond donors (Lipinski definition) is 1. The van der Waals surface area contributed by atoms with E-state index in [4.69, 9.17) is 5.26 Å². The standard InChI is InChI=1S/C10H18N2O2S2/c1-8(7-11)16(13,14)12-9-5-3-4-6-10(9)15-2/h8-10,12H,3-6H2,1-2H3. The molecule has 1 N–H and O–H groups in total. The molecule has 1 fully saturated rings. The zero-order valence-electron chi connectivity index (χ0n) is 9.64. The van der Waals surface area contributed by atoms with Gasteiger partial charge in [0.15, 0.2) is 5.25 Å². The van der Waals surface area contributed by atoms with E-state index in [-0.39, 0.29) is 6.04 Å². The smallest absolute Gasteiger partial charge is 0.211 e. The minimum absolute atomic E-state index is 0.00968. The minimum atomic E-state index is -3.48. The number of hydrogen-bond acceptors (Lipinski definition) is 4. The summed E-state index contributed by atoms with van der Waals surface area (Å²) in [6.45, 7) is 1.42. The highest BCUT2D eigenvalue weighted by Gasteiger charge is 2.30. The maximum atomic E-state index is 11.7. The molecular weight excluding hydrogens is 244 g/mol. The molecule has 0 aromatic carbocycles. The van der Waals surface area contributed by atoms with Crippen LogP contribution < -0.4 is 4.72 Å². The van der Waals surface area contributed by atoms with Crippen molar-refractivity contribution < 1.29 is 8.42 Å². The van der Waals surface area contributed by atoms with E-state index in [9.17, 15) is 8.42 Å². The number of nitriles is 1.